The second-order valence-electron chi connectivity index (χ2n) is 0.568. The molecule has 6 radical (unpaired) electrons. The predicted octanol–water partition coefficient (Wildman–Crippen LogP) is -0.432. The molecule has 0 unspecified atom stereocenters. The minimum Gasteiger partial charge on any atom is -0.294 e. The van der Waals surface area contributed by atoms with Gasteiger partial charge in [0, 0.05) is 41.9 Å². The van der Waals surface area contributed by atoms with Crippen LogP contribution in [-0.2, 0) is 4.79 Å². The van der Waals surface area contributed by atoms with Gasteiger partial charge in [0.25, 0.3) is 0 Å². The SMILES string of the molecule is [C]C(=O)C=C.[Li].[Mg]. The van der Waals surface area contributed by atoms with Crippen LogP contribution in [0.4, 0.5) is 0 Å². The molecular formula is C4H3LiMgO. The van der Waals surface area contributed by atoms with Crippen molar-refractivity contribution < 1.29 is 4.79 Å². The Morgan fingerprint density at radius 2 is 1.86 bits per heavy atom. The number of rotatable bonds is 1. The molecule has 0 aliphatic rings. The molecule has 0 N–H and O–H groups in total. The zero-order valence-electron chi connectivity index (χ0n) is 4.40. The van der Waals surface area contributed by atoms with Gasteiger partial charge in [-0.25, -0.2) is 0 Å². The second kappa shape index (κ2) is 9.91. The van der Waals surface area contributed by atoms with Gasteiger partial charge in [0.15, 0.2) is 5.78 Å². The largest absolute Gasteiger partial charge is 0.294 e. The minimum atomic E-state index is -0.731. The second-order valence-corrected chi connectivity index (χ2v) is 0.568. The fraction of sp³-hybridized carbons (Fsp3) is 0. The van der Waals surface area contributed by atoms with Crippen LogP contribution in [0, 0.1) is 6.92 Å². The quantitative estimate of drug-likeness (QED) is 0.321. The van der Waals surface area contributed by atoms with Crippen molar-refractivity contribution >= 4 is 47.7 Å². The molecule has 0 atom stereocenters. The van der Waals surface area contributed by atoms with E-state index in [4.69, 9.17) is 6.92 Å². The van der Waals surface area contributed by atoms with Crippen LogP contribution in [0.5, 0.6) is 0 Å². The maximum absolute atomic E-state index is 9.36. The molecule has 0 heterocycles. The van der Waals surface area contributed by atoms with Crippen molar-refractivity contribution in [3.05, 3.63) is 19.6 Å². The third kappa shape index (κ3) is 20.1. The third-order valence-electron chi connectivity index (χ3n) is 0.185. The average molecular weight is 98.3 g/mol. The first-order valence-corrected chi connectivity index (χ1v) is 1.15. The molecule has 0 spiro atoms. The number of hydrogen-bond acceptors (Lipinski definition) is 1. The normalized spacial score (nSPS) is 4.71. The zero-order chi connectivity index (χ0) is 4.28. The first-order valence-electron chi connectivity index (χ1n) is 1.15. The molecule has 1 nitrogen and oxygen atoms in total. The van der Waals surface area contributed by atoms with E-state index in [0.29, 0.717) is 0 Å². The van der Waals surface area contributed by atoms with Gasteiger partial charge >= 0.3 is 0 Å². The molecular weight excluding hydrogens is 95.3 g/mol. The summed E-state index contributed by atoms with van der Waals surface area (Å²) < 4.78 is 0. The number of carbonyl (C=O) groups is 1. The summed E-state index contributed by atoms with van der Waals surface area (Å²) >= 11 is 0. The smallest absolute Gasteiger partial charge is 0.164 e. The van der Waals surface area contributed by atoms with Crippen LogP contribution in [0.3, 0.4) is 0 Å². The fourth-order valence-electron chi connectivity index (χ4n) is 0. The van der Waals surface area contributed by atoms with Crippen molar-refractivity contribution in [1.29, 1.82) is 0 Å². The van der Waals surface area contributed by atoms with E-state index in [9.17, 15) is 4.79 Å². The summed E-state index contributed by atoms with van der Waals surface area (Å²) in [5.41, 5.74) is 0. The Hall–Kier alpha value is 0.774. The molecule has 0 saturated carbocycles. The molecule has 0 fully saturated rings. The van der Waals surface area contributed by atoms with Gasteiger partial charge in [-0.05, 0) is 6.08 Å². The van der Waals surface area contributed by atoms with Gasteiger partial charge < -0.3 is 0 Å². The molecule has 7 heavy (non-hydrogen) atoms. The Morgan fingerprint density at radius 1 is 1.71 bits per heavy atom. The first kappa shape index (κ1) is 15.7. The molecule has 28 valence electrons. The average Bonchev–Trinajstić information content (AvgIpc) is 1.38. The van der Waals surface area contributed by atoms with Crippen LogP contribution >= 0.6 is 0 Å². The van der Waals surface area contributed by atoms with Crippen molar-refractivity contribution in [1.82, 2.24) is 0 Å². The number of ketones is 1. The van der Waals surface area contributed by atoms with E-state index in [1.807, 2.05) is 0 Å². The van der Waals surface area contributed by atoms with E-state index in [0.717, 1.165) is 6.08 Å². The van der Waals surface area contributed by atoms with E-state index in [2.05, 4.69) is 6.58 Å². The number of hydrogen-bond donors (Lipinski definition) is 0. The maximum Gasteiger partial charge on any atom is 0.164 e. The van der Waals surface area contributed by atoms with Gasteiger partial charge in [0.2, 0.25) is 0 Å². The summed E-state index contributed by atoms with van der Waals surface area (Å²) in [5, 5.41) is 0. The van der Waals surface area contributed by atoms with Crippen LogP contribution < -0.4 is 0 Å². The van der Waals surface area contributed by atoms with E-state index >= 15 is 0 Å². The Labute approximate surface area is 71.9 Å². The molecule has 3 heteroatoms. The Balaban J connectivity index is -0.0000000800. The van der Waals surface area contributed by atoms with Gasteiger partial charge in [-0.3, -0.25) is 4.79 Å². The van der Waals surface area contributed by atoms with Gasteiger partial charge in [-0.1, -0.05) is 6.58 Å². The molecule has 0 aliphatic heterocycles. The Kier molecular flexibility index (Phi) is 22.2. The van der Waals surface area contributed by atoms with Crippen molar-refractivity contribution in [2.75, 3.05) is 0 Å². The van der Waals surface area contributed by atoms with Crippen LogP contribution in [-0.4, -0.2) is 47.7 Å². The summed E-state index contributed by atoms with van der Waals surface area (Å²) in [4.78, 5) is 9.36. The van der Waals surface area contributed by atoms with Crippen LogP contribution in [0.25, 0.3) is 0 Å². The van der Waals surface area contributed by atoms with E-state index in [-0.39, 0.29) is 41.9 Å². The summed E-state index contributed by atoms with van der Waals surface area (Å²) in [6.45, 7) is 9.09. The molecule has 0 aromatic rings. The molecule has 0 amide bonds. The summed E-state index contributed by atoms with van der Waals surface area (Å²) in [5.74, 6) is -0.731. The number of carbonyl (C=O) groups excluding carboxylic acids is 1. The van der Waals surface area contributed by atoms with Gasteiger partial charge in [-0.15, -0.1) is 0 Å². The summed E-state index contributed by atoms with van der Waals surface area (Å²) in [6, 6.07) is 0. The summed E-state index contributed by atoms with van der Waals surface area (Å²) in [6.07, 6.45) is 0.944. The predicted molar refractivity (Wildman–Crippen MR) is 30.0 cm³/mol. The maximum atomic E-state index is 9.36. The Morgan fingerprint density at radius 3 is 1.86 bits per heavy atom. The van der Waals surface area contributed by atoms with E-state index < -0.39 is 5.78 Å². The van der Waals surface area contributed by atoms with Crippen LogP contribution in [0.1, 0.15) is 0 Å². The molecule has 0 aliphatic carbocycles. The van der Waals surface area contributed by atoms with Gasteiger partial charge in [0.1, 0.15) is 0 Å². The fourth-order valence-corrected chi connectivity index (χ4v) is 0. The summed E-state index contributed by atoms with van der Waals surface area (Å²) in [7, 11) is 0. The molecule has 0 rings (SSSR count). The topological polar surface area (TPSA) is 17.1 Å². The zero-order valence-corrected chi connectivity index (χ0v) is 5.81. The van der Waals surface area contributed by atoms with E-state index in [1.54, 1.807) is 0 Å². The van der Waals surface area contributed by atoms with Crippen molar-refractivity contribution in [2.24, 2.45) is 0 Å². The Bertz CT molecular complexity index is 62.7. The number of allylic oxidation sites excluding steroid dienone is 1. The van der Waals surface area contributed by atoms with Crippen LogP contribution in [0.2, 0.25) is 0 Å². The van der Waals surface area contributed by atoms with Gasteiger partial charge in [-0.2, -0.15) is 0 Å². The third-order valence-corrected chi connectivity index (χ3v) is 0.185. The van der Waals surface area contributed by atoms with E-state index in [1.165, 1.54) is 0 Å². The monoisotopic (exact) mass is 98.0 g/mol. The van der Waals surface area contributed by atoms with Crippen molar-refractivity contribution in [3.8, 4) is 0 Å². The van der Waals surface area contributed by atoms with Crippen LogP contribution in [0.15, 0.2) is 12.7 Å². The standard InChI is InChI=1S/C4H3O.Li.Mg/c1-3-4(2)5;;/h3H,1H2;;. The van der Waals surface area contributed by atoms with Crippen molar-refractivity contribution in [3.63, 3.8) is 0 Å². The molecule has 0 saturated heterocycles. The van der Waals surface area contributed by atoms with Gasteiger partial charge in [0.05, 0.1) is 6.92 Å². The first-order chi connectivity index (χ1) is 2.27. The van der Waals surface area contributed by atoms with Crippen molar-refractivity contribution in [2.45, 2.75) is 0 Å². The molecule has 0 aromatic carbocycles. The molecule has 0 aromatic heterocycles. The minimum absolute atomic E-state index is 0. The molecule has 0 bridgehead atoms.